The summed E-state index contributed by atoms with van der Waals surface area (Å²) in [5.74, 6) is -0.122. The Morgan fingerprint density at radius 2 is 1.95 bits per heavy atom. The van der Waals surface area contributed by atoms with Crippen LogP contribution in [0.4, 0.5) is 4.39 Å². The maximum Gasteiger partial charge on any atom is 0.126 e. The highest BCUT2D eigenvalue weighted by atomic mass is 19.1. The minimum Gasteiger partial charge on any atom is -0.329 e. The second-order valence-corrected chi connectivity index (χ2v) is 5.35. The van der Waals surface area contributed by atoms with Crippen LogP contribution in [0.5, 0.6) is 0 Å². The molecule has 4 heteroatoms. The van der Waals surface area contributed by atoms with E-state index in [-0.39, 0.29) is 5.82 Å². The molecule has 106 valence electrons. The van der Waals surface area contributed by atoms with E-state index in [9.17, 15) is 4.39 Å². The fraction of sp³-hybridized carbons (Fsp3) is 0.600. The zero-order valence-corrected chi connectivity index (χ0v) is 11.9. The van der Waals surface area contributed by atoms with Gasteiger partial charge >= 0.3 is 0 Å². The molecule has 3 nitrogen and oxygen atoms in total. The summed E-state index contributed by atoms with van der Waals surface area (Å²) in [5, 5.41) is 0. The molecule has 19 heavy (non-hydrogen) atoms. The number of rotatable bonds is 4. The van der Waals surface area contributed by atoms with Crippen molar-refractivity contribution in [3.05, 3.63) is 35.1 Å². The van der Waals surface area contributed by atoms with Gasteiger partial charge in [-0.2, -0.15) is 0 Å². The summed E-state index contributed by atoms with van der Waals surface area (Å²) >= 11 is 0. The predicted octanol–water partition coefficient (Wildman–Crippen LogP) is 1.77. The number of piperazine rings is 1. The molecule has 0 bridgehead atoms. The van der Waals surface area contributed by atoms with E-state index >= 15 is 0 Å². The Bertz CT molecular complexity index is 414. The van der Waals surface area contributed by atoms with Crippen molar-refractivity contribution in [2.24, 2.45) is 5.73 Å². The van der Waals surface area contributed by atoms with Crippen molar-refractivity contribution in [2.45, 2.75) is 19.9 Å². The SMILES string of the molecule is Cc1cc(C(C)N2CCN(CCN)CC2)ccc1F. The van der Waals surface area contributed by atoms with Gasteiger partial charge < -0.3 is 5.73 Å². The lowest BCUT2D eigenvalue weighted by atomic mass is 10.0. The van der Waals surface area contributed by atoms with E-state index in [1.165, 1.54) is 5.56 Å². The second-order valence-electron chi connectivity index (χ2n) is 5.35. The highest BCUT2D eigenvalue weighted by molar-refractivity contribution is 5.26. The van der Waals surface area contributed by atoms with Gasteiger partial charge in [0, 0.05) is 45.3 Å². The van der Waals surface area contributed by atoms with Gasteiger partial charge in [0.1, 0.15) is 5.82 Å². The van der Waals surface area contributed by atoms with Gasteiger partial charge in [-0.25, -0.2) is 4.39 Å². The highest BCUT2D eigenvalue weighted by Gasteiger charge is 2.21. The number of halogens is 1. The zero-order valence-electron chi connectivity index (χ0n) is 11.9. The lowest BCUT2D eigenvalue weighted by Crippen LogP contribution is -2.48. The third-order valence-electron chi connectivity index (χ3n) is 4.06. The van der Waals surface area contributed by atoms with E-state index in [1.54, 1.807) is 6.07 Å². The Hall–Kier alpha value is -0.970. The van der Waals surface area contributed by atoms with Crippen LogP contribution in [0.3, 0.4) is 0 Å². The zero-order chi connectivity index (χ0) is 13.8. The summed E-state index contributed by atoms with van der Waals surface area (Å²) in [6.07, 6.45) is 0. The molecule has 2 N–H and O–H groups in total. The second kappa shape index (κ2) is 6.46. The van der Waals surface area contributed by atoms with Crippen LogP contribution in [0.25, 0.3) is 0 Å². The molecule has 1 aliphatic rings. The normalized spacial score (nSPS) is 19.6. The van der Waals surface area contributed by atoms with E-state index in [1.807, 2.05) is 19.1 Å². The molecule has 1 heterocycles. The van der Waals surface area contributed by atoms with Crippen LogP contribution in [0.1, 0.15) is 24.1 Å². The minimum absolute atomic E-state index is 0.122. The first-order valence-corrected chi connectivity index (χ1v) is 7.04. The molecule has 1 aliphatic heterocycles. The third kappa shape index (κ3) is 3.53. The van der Waals surface area contributed by atoms with Crippen molar-refractivity contribution in [3.8, 4) is 0 Å². The predicted molar refractivity (Wildman–Crippen MR) is 76.6 cm³/mol. The first-order valence-electron chi connectivity index (χ1n) is 7.04. The maximum atomic E-state index is 13.3. The van der Waals surface area contributed by atoms with Gasteiger partial charge in [-0.3, -0.25) is 9.80 Å². The van der Waals surface area contributed by atoms with Gasteiger partial charge in [0.15, 0.2) is 0 Å². The standard InChI is InChI=1S/C15H24FN3/c1-12-11-14(3-4-15(12)16)13(2)19-9-7-18(6-5-17)8-10-19/h3-4,11,13H,5-10,17H2,1-2H3. The Kier molecular flexibility index (Phi) is 4.91. The molecular formula is C15H24FN3. The van der Waals surface area contributed by atoms with E-state index in [0.717, 1.165) is 44.8 Å². The van der Waals surface area contributed by atoms with Crippen molar-refractivity contribution in [1.82, 2.24) is 9.80 Å². The fourth-order valence-corrected chi connectivity index (χ4v) is 2.70. The Labute approximate surface area is 115 Å². The Morgan fingerprint density at radius 1 is 1.26 bits per heavy atom. The molecule has 1 saturated heterocycles. The number of hydrogen-bond acceptors (Lipinski definition) is 3. The molecule has 2 rings (SSSR count). The largest absolute Gasteiger partial charge is 0.329 e. The molecule has 0 aromatic heterocycles. The maximum absolute atomic E-state index is 13.3. The highest BCUT2D eigenvalue weighted by Crippen LogP contribution is 2.23. The molecule has 0 amide bonds. The van der Waals surface area contributed by atoms with Gasteiger partial charge in [-0.15, -0.1) is 0 Å². The van der Waals surface area contributed by atoms with Crippen molar-refractivity contribution >= 4 is 0 Å². The number of benzene rings is 1. The number of nitrogens with two attached hydrogens (primary N) is 1. The monoisotopic (exact) mass is 265 g/mol. The smallest absolute Gasteiger partial charge is 0.126 e. The quantitative estimate of drug-likeness (QED) is 0.900. The molecular weight excluding hydrogens is 241 g/mol. The van der Waals surface area contributed by atoms with E-state index in [0.29, 0.717) is 6.04 Å². The molecule has 1 atom stereocenters. The van der Waals surface area contributed by atoms with Crippen molar-refractivity contribution in [3.63, 3.8) is 0 Å². The first-order chi connectivity index (χ1) is 9.11. The molecule has 1 fully saturated rings. The lowest BCUT2D eigenvalue weighted by Gasteiger charge is -2.38. The van der Waals surface area contributed by atoms with Crippen molar-refractivity contribution < 1.29 is 4.39 Å². The van der Waals surface area contributed by atoms with Gasteiger partial charge in [0.05, 0.1) is 0 Å². The van der Waals surface area contributed by atoms with Gasteiger partial charge in [-0.1, -0.05) is 12.1 Å². The molecule has 0 spiro atoms. The van der Waals surface area contributed by atoms with Crippen LogP contribution < -0.4 is 5.73 Å². The van der Waals surface area contributed by atoms with Gasteiger partial charge in [-0.05, 0) is 31.0 Å². The van der Waals surface area contributed by atoms with Crippen LogP contribution in [0.15, 0.2) is 18.2 Å². The number of aryl methyl sites for hydroxylation is 1. The van der Waals surface area contributed by atoms with E-state index in [2.05, 4.69) is 16.7 Å². The van der Waals surface area contributed by atoms with Crippen LogP contribution >= 0.6 is 0 Å². The molecule has 1 aromatic carbocycles. The summed E-state index contributed by atoms with van der Waals surface area (Å²) in [4.78, 5) is 4.86. The molecule has 0 saturated carbocycles. The van der Waals surface area contributed by atoms with Crippen LogP contribution in [-0.4, -0.2) is 49.1 Å². The summed E-state index contributed by atoms with van der Waals surface area (Å²) in [6, 6.07) is 5.79. The van der Waals surface area contributed by atoms with Crippen molar-refractivity contribution in [1.29, 1.82) is 0 Å². The molecule has 0 radical (unpaired) electrons. The summed E-state index contributed by atoms with van der Waals surface area (Å²) in [5.41, 5.74) is 7.51. The van der Waals surface area contributed by atoms with E-state index in [4.69, 9.17) is 5.73 Å². The lowest BCUT2D eigenvalue weighted by molar-refractivity contribution is 0.104. The topological polar surface area (TPSA) is 32.5 Å². The average Bonchev–Trinajstić information content (AvgIpc) is 2.42. The summed E-state index contributed by atoms with van der Waals surface area (Å²) in [7, 11) is 0. The first kappa shape index (κ1) is 14.4. The molecule has 0 aliphatic carbocycles. The van der Waals surface area contributed by atoms with E-state index < -0.39 is 0 Å². The summed E-state index contributed by atoms with van der Waals surface area (Å²) in [6.45, 7) is 9.99. The van der Waals surface area contributed by atoms with Gasteiger partial charge in [0.2, 0.25) is 0 Å². The Balaban J connectivity index is 1.97. The minimum atomic E-state index is -0.122. The fourth-order valence-electron chi connectivity index (χ4n) is 2.70. The van der Waals surface area contributed by atoms with Crippen LogP contribution in [-0.2, 0) is 0 Å². The Morgan fingerprint density at radius 3 is 2.53 bits per heavy atom. The van der Waals surface area contributed by atoms with Crippen LogP contribution in [0.2, 0.25) is 0 Å². The summed E-state index contributed by atoms with van der Waals surface area (Å²) < 4.78 is 13.3. The van der Waals surface area contributed by atoms with Crippen LogP contribution in [0, 0.1) is 12.7 Å². The molecule has 1 aromatic rings. The third-order valence-corrected chi connectivity index (χ3v) is 4.06. The molecule has 1 unspecified atom stereocenters. The number of hydrogen-bond donors (Lipinski definition) is 1. The number of nitrogens with zero attached hydrogens (tertiary/aromatic N) is 2. The van der Waals surface area contributed by atoms with Crippen molar-refractivity contribution in [2.75, 3.05) is 39.3 Å². The average molecular weight is 265 g/mol. The van der Waals surface area contributed by atoms with Gasteiger partial charge in [0.25, 0.3) is 0 Å².